The van der Waals surface area contributed by atoms with Gasteiger partial charge in [0.25, 0.3) is 5.91 Å². The number of nitrogens with one attached hydrogen (secondary N) is 1. The van der Waals surface area contributed by atoms with Crippen LogP contribution in [0.15, 0.2) is 51.8 Å². The molecule has 2 heterocycles. The molecule has 0 saturated heterocycles. The Morgan fingerprint density at radius 1 is 1.29 bits per heavy atom. The fourth-order valence-corrected chi connectivity index (χ4v) is 2.62. The van der Waals surface area contributed by atoms with E-state index in [1.807, 2.05) is 18.2 Å². The van der Waals surface area contributed by atoms with E-state index in [-0.39, 0.29) is 5.91 Å². The van der Waals surface area contributed by atoms with Gasteiger partial charge in [-0.15, -0.1) is 0 Å². The van der Waals surface area contributed by atoms with Crippen LogP contribution in [0.5, 0.6) is 0 Å². The molecule has 0 bridgehead atoms. The second kappa shape index (κ2) is 7.36. The van der Waals surface area contributed by atoms with E-state index in [0.29, 0.717) is 39.7 Å². The van der Waals surface area contributed by atoms with Crippen molar-refractivity contribution >= 4 is 17.5 Å². The maximum absolute atomic E-state index is 12.7. The summed E-state index contributed by atoms with van der Waals surface area (Å²) >= 11 is 6.26. The molecule has 24 heavy (non-hydrogen) atoms. The molecular formula is C18H17ClN2O3. The first-order valence-electron chi connectivity index (χ1n) is 7.77. The van der Waals surface area contributed by atoms with E-state index in [9.17, 15) is 4.79 Å². The number of amides is 1. The highest BCUT2D eigenvalue weighted by Crippen LogP contribution is 2.35. The monoisotopic (exact) mass is 344 g/mol. The second-order valence-electron chi connectivity index (χ2n) is 5.34. The lowest BCUT2D eigenvalue weighted by molar-refractivity contribution is 0.0954. The third-order valence-corrected chi connectivity index (χ3v) is 3.98. The van der Waals surface area contributed by atoms with E-state index < -0.39 is 0 Å². The molecular weight excluding hydrogens is 328 g/mol. The molecule has 0 radical (unpaired) electrons. The first-order chi connectivity index (χ1) is 11.7. The molecule has 0 aliphatic carbocycles. The Labute approximate surface area is 144 Å². The van der Waals surface area contributed by atoms with Gasteiger partial charge in [0, 0.05) is 12.1 Å². The van der Waals surface area contributed by atoms with Crippen LogP contribution >= 0.6 is 11.6 Å². The molecule has 3 rings (SSSR count). The predicted molar refractivity (Wildman–Crippen MR) is 91.9 cm³/mol. The smallest absolute Gasteiger partial charge is 0.257 e. The van der Waals surface area contributed by atoms with Crippen LogP contribution in [0.4, 0.5) is 0 Å². The van der Waals surface area contributed by atoms with Crippen molar-refractivity contribution in [2.75, 3.05) is 6.54 Å². The Hall–Kier alpha value is -2.53. The maximum Gasteiger partial charge on any atom is 0.257 e. The summed E-state index contributed by atoms with van der Waals surface area (Å²) in [6.45, 7) is 2.66. The average Bonchev–Trinajstić information content (AvgIpc) is 3.24. The number of rotatable bonds is 6. The number of halogens is 1. The third kappa shape index (κ3) is 3.21. The number of benzene rings is 1. The third-order valence-electron chi connectivity index (χ3n) is 3.65. The largest absolute Gasteiger partial charge is 0.472 e. The van der Waals surface area contributed by atoms with Gasteiger partial charge < -0.3 is 14.3 Å². The average molecular weight is 345 g/mol. The number of aromatic nitrogens is 1. The van der Waals surface area contributed by atoms with Crippen molar-refractivity contribution < 1.29 is 13.7 Å². The minimum absolute atomic E-state index is 0.240. The first-order valence-corrected chi connectivity index (χ1v) is 8.15. The fraction of sp³-hybridized carbons (Fsp3) is 0.222. The zero-order chi connectivity index (χ0) is 16.9. The molecule has 6 heteroatoms. The van der Waals surface area contributed by atoms with Crippen LogP contribution in [-0.4, -0.2) is 17.6 Å². The molecule has 124 valence electrons. The predicted octanol–water partition coefficient (Wildman–Crippen LogP) is 4.78. The number of carbonyl (C=O) groups is 1. The van der Waals surface area contributed by atoms with Gasteiger partial charge in [0.05, 0.1) is 16.8 Å². The molecule has 5 nitrogen and oxygen atoms in total. The minimum Gasteiger partial charge on any atom is -0.472 e. The Balaban J connectivity index is 2.06. The van der Waals surface area contributed by atoms with Gasteiger partial charge in [-0.2, -0.15) is 0 Å². The van der Waals surface area contributed by atoms with Crippen molar-refractivity contribution in [3.63, 3.8) is 0 Å². The maximum atomic E-state index is 12.7. The van der Waals surface area contributed by atoms with Gasteiger partial charge in [0.1, 0.15) is 17.5 Å². The quantitative estimate of drug-likeness (QED) is 0.653. The van der Waals surface area contributed by atoms with Crippen LogP contribution < -0.4 is 5.32 Å². The Morgan fingerprint density at radius 2 is 2.12 bits per heavy atom. The molecule has 0 saturated carbocycles. The molecule has 0 unspecified atom stereocenters. The van der Waals surface area contributed by atoms with Crippen LogP contribution in [0.2, 0.25) is 5.02 Å². The molecule has 2 aromatic heterocycles. The van der Waals surface area contributed by atoms with Crippen LogP contribution in [0.3, 0.4) is 0 Å². The SMILES string of the molecule is CCCCNC(=O)c1c(-c2ccccc2Cl)noc1-c1ccoc1. The van der Waals surface area contributed by atoms with Gasteiger partial charge in [-0.3, -0.25) is 4.79 Å². The van der Waals surface area contributed by atoms with E-state index in [1.54, 1.807) is 12.1 Å². The van der Waals surface area contributed by atoms with Crippen molar-refractivity contribution in [2.45, 2.75) is 19.8 Å². The number of carbonyl (C=O) groups excluding carboxylic acids is 1. The number of nitrogens with zero attached hydrogens (tertiary/aromatic N) is 1. The summed E-state index contributed by atoms with van der Waals surface area (Å²) in [5.74, 6) is 0.128. The van der Waals surface area contributed by atoms with Crippen molar-refractivity contribution in [2.24, 2.45) is 0 Å². The summed E-state index contributed by atoms with van der Waals surface area (Å²) in [6.07, 6.45) is 4.93. The van der Waals surface area contributed by atoms with Crippen LogP contribution in [0.25, 0.3) is 22.6 Å². The minimum atomic E-state index is -0.240. The zero-order valence-electron chi connectivity index (χ0n) is 13.2. The molecule has 0 fully saturated rings. The van der Waals surface area contributed by atoms with Crippen LogP contribution in [-0.2, 0) is 0 Å². The molecule has 0 spiro atoms. The summed E-state index contributed by atoms with van der Waals surface area (Å²) in [5, 5.41) is 7.50. The highest BCUT2D eigenvalue weighted by atomic mass is 35.5. The van der Waals surface area contributed by atoms with Gasteiger partial charge in [0.2, 0.25) is 0 Å². The molecule has 1 N–H and O–H groups in total. The summed E-state index contributed by atoms with van der Waals surface area (Å²) in [5.41, 5.74) is 2.09. The standard InChI is InChI=1S/C18H17ClN2O3/c1-2-3-9-20-18(22)15-16(13-6-4-5-7-14(13)19)21-24-17(15)12-8-10-23-11-12/h4-8,10-11H,2-3,9H2,1H3,(H,20,22). The summed E-state index contributed by atoms with van der Waals surface area (Å²) in [4.78, 5) is 12.7. The lowest BCUT2D eigenvalue weighted by atomic mass is 10.0. The molecule has 1 aromatic carbocycles. The first kappa shape index (κ1) is 16.3. The lowest BCUT2D eigenvalue weighted by Crippen LogP contribution is -2.25. The number of unbranched alkanes of at least 4 members (excludes halogenated alkanes) is 1. The van der Waals surface area contributed by atoms with E-state index in [1.165, 1.54) is 12.5 Å². The van der Waals surface area contributed by atoms with Gasteiger partial charge in [-0.25, -0.2) is 0 Å². The van der Waals surface area contributed by atoms with E-state index in [4.69, 9.17) is 20.5 Å². The highest BCUT2D eigenvalue weighted by molar-refractivity contribution is 6.33. The van der Waals surface area contributed by atoms with Crippen molar-refractivity contribution in [3.8, 4) is 22.6 Å². The van der Waals surface area contributed by atoms with Crippen molar-refractivity contribution in [3.05, 3.63) is 53.4 Å². The molecule has 3 aromatic rings. The van der Waals surface area contributed by atoms with Gasteiger partial charge in [-0.1, -0.05) is 48.3 Å². The molecule has 0 atom stereocenters. The lowest BCUT2D eigenvalue weighted by Gasteiger charge is -2.06. The van der Waals surface area contributed by atoms with Crippen molar-refractivity contribution in [1.29, 1.82) is 0 Å². The number of hydrogen-bond donors (Lipinski definition) is 1. The number of furan rings is 1. The highest BCUT2D eigenvalue weighted by Gasteiger charge is 2.26. The van der Waals surface area contributed by atoms with E-state index in [0.717, 1.165) is 12.8 Å². The van der Waals surface area contributed by atoms with Gasteiger partial charge in [0.15, 0.2) is 5.76 Å². The number of hydrogen-bond acceptors (Lipinski definition) is 4. The van der Waals surface area contributed by atoms with Crippen LogP contribution in [0, 0.1) is 0 Å². The van der Waals surface area contributed by atoms with Gasteiger partial charge in [-0.05, 0) is 18.6 Å². The van der Waals surface area contributed by atoms with Crippen LogP contribution in [0.1, 0.15) is 30.1 Å². The molecule has 0 aliphatic heterocycles. The normalized spacial score (nSPS) is 10.8. The Morgan fingerprint density at radius 3 is 2.83 bits per heavy atom. The summed E-state index contributed by atoms with van der Waals surface area (Å²) < 4.78 is 10.5. The fourth-order valence-electron chi connectivity index (χ4n) is 2.40. The summed E-state index contributed by atoms with van der Waals surface area (Å²) in [6, 6.07) is 8.94. The van der Waals surface area contributed by atoms with Gasteiger partial charge >= 0.3 is 0 Å². The molecule has 1 amide bonds. The summed E-state index contributed by atoms with van der Waals surface area (Å²) in [7, 11) is 0. The Kier molecular flexibility index (Phi) is 5.01. The Bertz CT molecular complexity index is 825. The molecule has 0 aliphatic rings. The van der Waals surface area contributed by atoms with E-state index in [2.05, 4.69) is 17.4 Å². The topological polar surface area (TPSA) is 68.3 Å². The van der Waals surface area contributed by atoms with Crippen molar-refractivity contribution in [1.82, 2.24) is 10.5 Å². The second-order valence-corrected chi connectivity index (χ2v) is 5.74. The zero-order valence-corrected chi connectivity index (χ0v) is 14.0. The van der Waals surface area contributed by atoms with E-state index >= 15 is 0 Å².